The van der Waals surface area contributed by atoms with Crippen molar-refractivity contribution in [2.45, 2.75) is 26.7 Å². The van der Waals surface area contributed by atoms with Gasteiger partial charge in [-0.15, -0.1) is 0 Å². The summed E-state index contributed by atoms with van der Waals surface area (Å²) in [7, 11) is 0. The zero-order valence-corrected chi connectivity index (χ0v) is 8.98. The second-order valence-electron chi connectivity index (χ2n) is 3.65. The molecule has 15 heavy (non-hydrogen) atoms. The van der Waals surface area contributed by atoms with Crippen molar-refractivity contribution < 1.29 is 9.72 Å². The van der Waals surface area contributed by atoms with Crippen LogP contribution in [0.2, 0.25) is 0 Å². The lowest BCUT2D eigenvalue weighted by Gasteiger charge is -2.09. The minimum Gasteiger partial charge on any atom is -0.299 e. The molecule has 0 N–H and O–H groups in total. The van der Waals surface area contributed by atoms with Gasteiger partial charge in [-0.3, -0.25) is 14.9 Å². The van der Waals surface area contributed by atoms with Gasteiger partial charge in [-0.1, -0.05) is 18.6 Å². The van der Waals surface area contributed by atoms with Crippen LogP contribution in [0.15, 0.2) is 18.2 Å². The number of nitrogens with zero attached hydrogens (tertiary/aromatic N) is 1. The lowest BCUT2D eigenvalue weighted by Crippen LogP contribution is -2.07. The molecule has 1 aromatic rings. The van der Waals surface area contributed by atoms with E-state index in [2.05, 4.69) is 0 Å². The van der Waals surface area contributed by atoms with E-state index in [0.29, 0.717) is 5.56 Å². The molecule has 0 aliphatic rings. The highest BCUT2D eigenvalue weighted by Crippen LogP contribution is 2.27. The van der Waals surface area contributed by atoms with E-state index in [-0.39, 0.29) is 11.5 Å². The summed E-state index contributed by atoms with van der Waals surface area (Å²) in [6, 6.07) is 4.82. The molecule has 4 heteroatoms. The van der Waals surface area contributed by atoms with Crippen LogP contribution in [-0.4, -0.2) is 10.7 Å². The van der Waals surface area contributed by atoms with Gasteiger partial charge in [-0.2, -0.15) is 0 Å². The van der Waals surface area contributed by atoms with Crippen LogP contribution in [0, 0.1) is 17.0 Å². The van der Waals surface area contributed by atoms with E-state index in [1.807, 2.05) is 6.92 Å². The maximum atomic E-state index is 11.2. The summed E-state index contributed by atoms with van der Waals surface area (Å²) >= 11 is 0. The van der Waals surface area contributed by atoms with Gasteiger partial charge in [-0.05, 0) is 19.9 Å². The van der Waals surface area contributed by atoms with Crippen LogP contribution in [0.25, 0.3) is 0 Å². The molecule has 4 nitrogen and oxygen atoms in total. The average Bonchev–Trinajstić information content (AvgIpc) is 2.15. The van der Waals surface area contributed by atoms with Crippen LogP contribution < -0.4 is 0 Å². The van der Waals surface area contributed by atoms with Gasteiger partial charge in [0.2, 0.25) is 0 Å². The van der Waals surface area contributed by atoms with Gasteiger partial charge in [0, 0.05) is 17.5 Å². The van der Waals surface area contributed by atoms with Crippen molar-refractivity contribution in [3.05, 3.63) is 39.4 Å². The molecule has 0 amide bonds. The number of ketones is 1. The minimum absolute atomic E-state index is 0.0169. The van der Waals surface area contributed by atoms with Gasteiger partial charge in [-0.25, -0.2) is 0 Å². The summed E-state index contributed by atoms with van der Waals surface area (Å²) in [5.41, 5.74) is 1.43. The molecule has 1 aromatic carbocycles. The molecule has 0 saturated heterocycles. The third-order valence-corrected chi connectivity index (χ3v) is 2.46. The van der Waals surface area contributed by atoms with Gasteiger partial charge in [0.15, 0.2) is 0 Å². The number of benzene rings is 1. The third kappa shape index (κ3) is 2.40. The van der Waals surface area contributed by atoms with Crippen LogP contribution >= 0.6 is 0 Å². The van der Waals surface area contributed by atoms with Crippen molar-refractivity contribution in [2.24, 2.45) is 0 Å². The Bertz CT molecular complexity index is 412. The van der Waals surface area contributed by atoms with Crippen molar-refractivity contribution in [1.82, 2.24) is 0 Å². The second kappa shape index (κ2) is 4.21. The quantitative estimate of drug-likeness (QED) is 0.565. The average molecular weight is 207 g/mol. The molecule has 0 radical (unpaired) electrons. The number of nitro benzene ring substituents is 1. The predicted molar refractivity (Wildman–Crippen MR) is 56.9 cm³/mol. The number of carbonyl (C=O) groups is 1. The molecule has 0 bridgehead atoms. The fraction of sp³-hybridized carbons (Fsp3) is 0.364. The SMILES string of the molecule is CC(=O)C(C)c1cc(C)ccc1[N+](=O)[O-]. The van der Waals surface area contributed by atoms with E-state index in [4.69, 9.17) is 0 Å². The molecular weight excluding hydrogens is 194 g/mol. The maximum absolute atomic E-state index is 11.2. The first-order chi connectivity index (χ1) is 6.93. The normalized spacial score (nSPS) is 12.2. The van der Waals surface area contributed by atoms with E-state index in [9.17, 15) is 14.9 Å². The molecule has 1 rings (SSSR count). The van der Waals surface area contributed by atoms with Crippen LogP contribution in [0.1, 0.15) is 30.9 Å². The molecule has 1 atom stereocenters. The van der Waals surface area contributed by atoms with Crippen LogP contribution in [0.4, 0.5) is 5.69 Å². The number of nitro groups is 1. The van der Waals surface area contributed by atoms with Crippen LogP contribution in [0.5, 0.6) is 0 Å². The Morgan fingerprint density at radius 1 is 1.47 bits per heavy atom. The highest BCUT2D eigenvalue weighted by molar-refractivity contribution is 5.84. The molecule has 80 valence electrons. The minimum atomic E-state index is -0.450. The third-order valence-electron chi connectivity index (χ3n) is 2.46. The van der Waals surface area contributed by atoms with Crippen molar-refractivity contribution >= 4 is 11.5 Å². The van der Waals surface area contributed by atoms with E-state index in [0.717, 1.165) is 5.56 Å². The Hall–Kier alpha value is -1.71. The summed E-state index contributed by atoms with van der Waals surface area (Å²) in [5.74, 6) is -0.492. The number of Topliss-reactive ketones (excluding diaryl/α,β-unsaturated/α-hetero) is 1. The molecule has 0 aromatic heterocycles. The topological polar surface area (TPSA) is 60.2 Å². The number of rotatable bonds is 3. The molecule has 0 saturated carbocycles. The maximum Gasteiger partial charge on any atom is 0.273 e. The number of hydrogen-bond donors (Lipinski definition) is 0. The first kappa shape index (κ1) is 11.4. The van der Waals surface area contributed by atoms with E-state index >= 15 is 0 Å². The van der Waals surface area contributed by atoms with Crippen LogP contribution in [-0.2, 0) is 4.79 Å². The number of aryl methyl sites for hydroxylation is 1. The Labute approximate surface area is 88.1 Å². The highest BCUT2D eigenvalue weighted by atomic mass is 16.6. The van der Waals surface area contributed by atoms with Crippen molar-refractivity contribution in [3.8, 4) is 0 Å². The smallest absolute Gasteiger partial charge is 0.273 e. The Kier molecular flexibility index (Phi) is 3.19. The molecule has 0 heterocycles. The molecule has 0 fully saturated rings. The lowest BCUT2D eigenvalue weighted by atomic mass is 9.94. The highest BCUT2D eigenvalue weighted by Gasteiger charge is 2.21. The van der Waals surface area contributed by atoms with Gasteiger partial charge in [0.05, 0.1) is 4.92 Å². The Balaban J connectivity index is 3.30. The number of carbonyl (C=O) groups excluding carboxylic acids is 1. The standard InChI is InChI=1S/C11H13NO3/c1-7-4-5-11(12(14)15)10(6-7)8(2)9(3)13/h4-6,8H,1-3H3. The fourth-order valence-corrected chi connectivity index (χ4v) is 1.41. The molecule has 1 unspecified atom stereocenters. The Morgan fingerprint density at radius 3 is 2.53 bits per heavy atom. The summed E-state index contributed by atoms with van der Waals surface area (Å²) < 4.78 is 0. The molecule has 0 aliphatic carbocycles. The van der Waals surface area contributed by atoms with E-state index < -0.39 is 10.8 Å². The summed E-state index contributed by atoms with van der Waals surface area (Å²) in [4.78, 5) is 21.5. The van der Waals surface area contributed by atoms with Crippen molar-refractivity contribution in [1.29, 1.82) is 0 Å². The Morgan fingerprint density at radius 2 is 2.07 bits per heavy atom. The van der Waals surface area contributed by atoms with Crippen molar-refractivity contribution in [2.75, 3.05) is 0 Å². The number of hydrogen-bond acceptors (Lipinski definition) is 3. The first-order valence-corrected chi connectivity index (χ1v) is 4.69. The predicted octanol–water partition coefficient (Wildman–Crippen LogP) is 2.60. The van der Waals surface area contributed by atoms with Crippen molar-refractivity contribution in [3.63, 3.8) is 0 Å². The molecular formula is C11H13NO3. The summed E-state index contributed by atoms with van der Waals surface area (Å²) in [6.07, 6.45) is 0. The molecule has 0 aliphatic heterocycles. The first-order valence-electron chi connectivity index (χ1n) is 4.69. The van der Waals surface area contributed by atoms with Crippen LogP contribution in [0.3, 0.4) is 0 Å². The summed E-state index contributed by atoms with van der Waals surface area (Å²) in [5, 5.41) is 10.8. The monoisotopic (exact) mass is 207 g/mol. The second-order valence-corrected chi connectivity index (χ2v) is 3.65. The van der Waals surface area contributed by atoms with Gasteiger partial charge < -0.3 is 0 Å². The van der Waals surface area contributed by atoms with Gasteiger partial charge in [0.25, 0.3) is 5.69 Å². The van der Waals surface area contributed by atoms with E-state index in [1.54, 1.807) is 19.1 Å². The fourth-order valence-electron chi connectivity index (χ4n) is 1.41. The van der Waals surface area contributed by atoms with E-state index in [1.165, 1.54) is 13.0 Å². The lowest BCUT2D eigenvalue weighted by molar-refractivity contribution is -0.385. The largest absolute Gasteiger partial charge is 0.299 e. The zero-order valence-electron chi connectivity index (χ0n) is 8.98. The summed E-state index contributed by atoms with van der Waals surface area (Å²) in [6.45, 7) is 4.97. The van der Waals surface area contributed by atoms with Gasteiger partial charge >= 0.3 is 0 Å². The van der Waals surface area contributed by atoms with Gasteiger partial charge in [0.1, 0.15) is 5.78 Å². The molecule has 0 spiro atoms. The zero-order chi connectivity index (χ0) is 11.6.